The summed E-state index contributed by atoms with van der Waals surface area (Å²) in [7, 11) is -1.37. The molecule has 0 saturated heterocycles. The maximum Gasteiger partial charge on any atom is 0.217 e. The lowest BCUT2D eigenvalue weighted by molar-refractivity contribution is -0.923. The number of hydrogen-bond acceptors (Lipinski definition) is 4. The Labute approximate surface area is 87.0 Å². The molecule has 14 heavy (non-hydrogen) atoms. The van der Waals surface area contributed by atoms with Gasteiger partial charge in [-0.15, -0.1) is 0 Å². The fourth-order valence-corrected chi connectivity index (χ4v) is 0.667. The molecule has 0 radical (unpaired) electrons. The molecule has 0 unspecified atom stereocenters. The van der Waals surface area contributed by atoms with E-state index in [4.69, 9.17) is 0 Å². The number of hydrogen-bond donors (Lipinski definition) is 1. The van der Waals surface area contributed by atoms with Gasteiger partial charge in [-0.3, -0.25) is 4.18 Å². The summed E-state index contributed by atoms with van der Waals surface area (Å²) in [6.07, 6.45) is 0. The molecule has 0 fully saturated rings. The van der Waals surface area contributed by atoms with Crippen LogP contribution in [0, 0.1) is 0 Å². The van der Waals surface area contributed by atoms with E-state index >= 15 is 0 Å². The van der Waals surface area contributed by atoms with Gasteiger partial charge in [-0.1, -0.05) is 0 Å². The van der Waals surface area contributed by atoms with Crippen LogP contribution in [0.15, 0.2) is 0 Å². The van der Waals surface area contributed by atoms with Crippen molar-refractivity contribution in [1.29, 1.82) is 0 Å². The van der Waals surface area contributed by atoms with Crippen LogP contribution in [0.25, 0.3) is 0 Å². The first-order valence-electron chi connectivity index (χ1n) is 4.46. The van der Waals surface area contributed by atoms with E-state index < -0.39 is 10.4 Å². The summed E-state index contributed by atoms with van der Waals surface area (Å²) in [4.78, 5) is 1.60. The Bertz CT molecular complexity index is 215. The summed E-state index contributed by atoms with van der Waals surface area (Å²) < 4.78 is 31.0. The second-order valence-electron chi connectivity index (χ2n) is 3.63. The van der Waals surface area contributed by atoms with Crippen LogP contribution in [-0.4, -0.2) is 39.2 Å². The van der Waals surface area contributed by atoms with Crippen molar-refractivity contribution in [1.82, 2.24) is 0 Å². The van der Waals surface area contributed by atoms with Gasteiger partial charge >= 0.3 is 0 Å². The van der Waals surface area contributed by atoms with Crippen molar-refractivity contribution >= 4 is 10.4 Å². The molecule has 0 aromatic carbocycles. The van der Waals surface area contributed by atoms with Crippen molar-refractivity contribution in [3.05, 3.63) is 0 Å². The molecule has 0 aliphatic heterocycles. The van der Waals surface area contributed by atoms with Gasteiger partial charge in [0.25, 0.3) is 0 Å². The van der Waals surface area contributed by atoms with Crippen LogP contribution < -0.4 is 4.90 Å². The van der Waals surface area contributed by atoms with Crippen molar-refractivity contribution in [2.24, 2.45) is 0 Å². The van der Waals surface area contributed by atoms with Crippen LogP contribution in [0.3, 0.4) is 0 Å². The molecule has 0 amide bonds. The monoisotopic (exact) mass is 227 g/mol. The van der Waals surface area contributed by atoms with Gasteiger partial charge in [-0.2, -0.15) is 0 Å². The van der Waals surface area contributed by atoms with E-state index in [2.05, 4.69) is 38.9 Å². The van der Waals surface area contributed by atoms with E-state index in [-0.39, 0.29) is 0 Å². The first kappa shape index (κ1) is 16.3. The molecule has 0 rings (SSSR count). The predicted octanol–water partition coefficient (Wildman–Crippen LogP) is -0.589. The molecule has 5 nitrogen and oxygen atoms in total. The molecule has 0 saturated carbocycles. The number of nitrogens with one attached hydrogen (secondary N) is 1. The summed E-state index contributed by atoms with van der Waals surface area (Å²) in [6, 6.07) is 1.52. The second kappa shape index (κ2) is 7.17. The Hall–Kier alpha value is -0.170. The van der Waals surface area contributed by atoms with E-state index in [1.54, 1.807) is 4.90 Å². The molecule has 0 aromatic rings. The predicted molar refractivity (Wildman–Crippen MR) is 53.9 cm³/mol. The smallest absolute Gasteiger partial charge is 0.217 e. The molecule has 6 heteroatoms. The summed E-state index contributed by atoms with van der Waals surface area (Å²) in [5.74, 6) is 0. The van der Waals surface area contributed by atoms with E-state index in [0.29, 0.717) is 0 Å². The molecule has 0 bridgehead atoms. The van der Waals surface area contributed by atoms with Crippen LogP contribution >= 0.6 is 0 Å². The Morgan fingerprint density at radius 1 is 1.14 bits per heavy atom. The Balaban J connectivity index is 0. The summed E-state index contributed by atoms with van der Waals surface area (Å²) in [5, 5.41) is 0. The Morgan fingerprint density at radius 3 is 1.36 bits per heavy atom. The Morgan fingerprint density at radius 2 is 1.36 bits per heavy atom. The van der Waals surface area contributed by atoms with Crippen molar-refractivity contribution in [2.45, 2.75) is 39.8 Å². The number of rotatable bonds is 3. The molecule has 1 N–H and O–H groups in total. The molecular weight excluding hydrogens is 206 g/mol. The molecule has 88 valence electrons. The third-order valence-corrected chi connectivity index (χ3v) is 2.43. The lowest BCUT2D eigenvalue weighted by atomic mass is 10.3. The zero-order valence-corrected chi connectivity index (χ0v) is 10.5. The standard InChI is InChI=1S/C7H17N.CH4O4S/c1-6(2)8(5)7(3)4;1-5-6(2,3)4/h6-7H,1-5H3;1H3,(H,2,3,4). The summed E-state index contributed by atoms with van der Waals surface area (Å²) >= 11 is 0. The molecular formula is C8H21NO4S. The van der Waals surface area contributed by atoms with Crippen LogP contribution in [0.1, 0.15) is 27.7 Å². The summed E-state index contributed by atoms with van der Waals surface area (Å²) in [6.45, 7) is 8.98. The lowest BCUT2D eigenvalue weighted by Crippen LogP contribution is -3.15. The van der Waals surface area contributed by atoms with Gasteiger partial charge in [0.2, 0.25) is 10.4 Å². The van der Waals surface area contributed by atoms with Crippen molar-refractivity contribution < 1.29 is 22.1 Å². The fraction of sp³-hybridized carbons (Fsp3) is 1.00. The lowest BCUT2D eigenvalue weighted by Gasteiger charge is -2.21. The second-order valence-corrected chi connectivity index (χ2v) is 4.78. The largest absolute Gasteiger partial charge is 0.726 e. The van der Waals surface area contributed by atoms with Gasteiger partial charge in [0.15, 0.2) is 0 Å². The molecule has 0 atom stereocenters. The third-order valence-electron chi connectivity index (χ3n) is 2.03. The van der Waals surface area contributed by atoms with Gasteiger partial charge in [-0.05, 0) is 27.7 Å². The summed E-state index contributed by atoms with van der Waals surface area (Å²) in [5.41, 5.74) is 0. The average molecular weight is 227 g/mol. The minimum absolute atomic E-state index is 0.759. The maximum atomic E-state index is 9.22. The van der Waals surface area contributed by atoms with Crippen molar-refractivity contribution in [3.8, 4) is 0 Å². The first-order chi connectivity index (χ1) is 6.11. The highest BCUT2D eigenvalue weighted by Gasteiger charge is 2.08. The zero-order chi connectivity index (χ0) is 11.9. The zero-order valence-electron chi connectivity index (χ0n) is 9.70. The van der Waals surface area contributed by atoms with Crippen molar-refractivity contribution in [3.63, 3.8) is 0 Å². The molecule has 0 spiro atoms. The van der Waals surface area contributed by atoms with E-state index in [1.807, 2.05) is 0 Å². The van der Waals surface area contributed by atoms with Crippen LogP contribution in [-0.2, 0) is 14.6 Å². The first-order valence-corrected chi connectivity index (χ1v) is 5.79. The average Bonchev–Trinajstić information content (AvgIpc) is 2.02. The van der Waals surface area contributed by atoms with Gasteiger partial charge in [0.05, 0.1) is 26.2 Å². The van der Waals surface area contributed by atoms with E-state index in [0.717, 1.165) is 19.2 Å². The van der Waals surface area contributed by atoms with Crippen molar-refractivity contribution in [2.75, 3.05) is 14.2 Å². The quantitative estimate of drug-likeness (QED) is 0.517. The van der Waals surface area contributed by atoms with Crippen LogP contribution in [0.2, 0.25) is 0 Å². The minimum Gasteiger partial charge on any atom is -0.726 e. The van der Waals surface area contributed by atoms with Crippen LogP contribution in [0.5, 0.6) is 0 Å². The van der Waals surface area contributed by atoms with Gasteiger partial charge in [0, 0.05) is 0 Å². The molecule has 0 aromatic heterocycles. The van der Waals surface area contributed by atoms with Crippen LogP contribution in [0.4, 0.5) is 0 Å². The Kier molecular flexibility index (Phi) is 8.33. The highest BCUT2D eigenvalue weighted by molar-refractivity contribution is 7.80. The topological polar surface area (TPSA) is 70.9 Å². The number of quaternary nitrogens is 1. The van der Waals surface area contributed by atoms with E-state index in [1.165, 1.54) is 0 Å². The van der Waals surface area contributed by atoms with Gasteiger partial charge < -0.3 is 9.45 Å². The minimum atomic E-state index is -4.41. The SMILES string of the molecule is CC(C)[NH+](C)C(C)C.COS(=O)(=O)[O-]. The maximum absolute atomic E-state index is 9.22. The highest BCUT2D eigenvalue weighted by Crippen LogP contribution is 1.74. The molecule has 0 heterocycles. The fourth-order valence-electron chi connectivity index (χ4n) is 0.667. The highest BCUT2D eigenvalue weighted by atomic mass is 32.3. The van der Waals surface area contributed by atoms with Gasteiger partial charge in [-0.25, -0.2) is 8.42 Å². The normalized spacial score (nSPS) is 11.9. The van der Waals surface area contributed by atoms with Gasteiger partial charge in [0.1, 0.15) is 0 Å². The third kappa shape index (κ3) is 11.8. The molecule has 0 aliphatic rings. The molecule has 0 aliphatic carbocycles. The van der Waals surface area contributed by atoms with E-state index in [9.17, 15) is 13.0 Å².